The number of hydrogen-bond donors (Lipinski definition) is 1. The number of dihydropyridines is 1. The maximum atomic E-state index is 13.3. The predicted molar refractivity (Wildman–Crippen MR) is 100.0 cm³/mol. The van der Waals surface area contributed by atoms with Crippen molar-refractivity contribution < 1.29 is 14.3 Å². The summed E-state index contributed by atoms with van der Waals surface area (Å²) in [4.78, 5) is 27.6. The zero-order valence-electron chi connectivity index (χ0n) is 16.5. The number of carbonyl (C=O) groups is 2. The summed E-state index contributed by atoms with van der Waals surface area (Å²) in [6.07, 6.45) is 4.20. The van der Waals surface area contributed by atoms with Crippen molar-refractivity contribution in [2.75, 3.05) is 26.2 Å². The fraction of sp³-hybridized carbons (Fsp3) is 0.714. The van der Waals surface area contributed by atoms with Crippen LogP contribution in [0.4, 0.5) is 0 Å². The third-order valence-corrected chi connectivity index (χ3v) is 7.33. The summed E-state index contributed by atoms with van der Waals surface area (Å²) in [7, 11) is 0. The Bertz CT molecular complexity index is 905. The van der Waals surface area contributed by atoms with Gasteiger partial charge < -0.3 is 15.0 Å². The van der Waals surface area contributed by atoms with Crippen LogP contribution in [0.2, 0.25) is 0 Å². The molecule has 0 bridgehead atoms. The highest BCUT2D eigenvalue weighted by atomic mass is 16.5. The molecule has 2 spiro atoms. The summed E-state index contributed by atoms with van der Waals surface area (Å²) < 4.78 is 6.38. The topological polar surface area (TPSA) is 83.4 Å². The van der Waals surface area contributed by atoms with Crippen molar-refractivity contribution in [2.45, 2.75) is 51.6 Å². The number of carbonyl (C=O) groups excluding carboxylic acids is 2. The van der Waals surface area contributed by atoms with Crippen molar-refractivity contribution in [3.8, 4) is 0 Å². The Hall–Kier alpha value is -2.02. The normalized spacial score (nSPS) is 34.6. The van der Waals surface area contributed by atoms with Crippen LogP contribution >= 0.6 is 0 Å². The van der Waals surface area contributed by atoms with Crippen LogP contribution in [0.5, 0.6) is 0 Å². The molecule has 6 aliphatic rings. The number of ether oxygens (including phenoxy) is 1. The van der Waals surface area contributed by atoms with Gasteiger partial charge in [0.05, 0.1) is 31.7 Å². The first-order valence-corrected chi connectivity index (χ1v) is 10.4. The van der Waals surface area contributed by atoms with E-state index in [0.29, 0.717) is 32.7 Å². The first kappa shape index (κ1) is 16.9. The van der Waals surface area contributed by atoms with Gasteiger partial charge in [0.2, 0.25) is 5.91 Å². The second kappa shape index (κ2) is 5.12. The van der Waals surface area contributed by atoms with Crippen LogP contribution in [-0.4, -0.2) is 48.4 Å². The maximum absolute atomic E-state index is 13.3. The minimum atomic E-state index is -0.429. The molecule has 1 unspecified atom stereocenters. The Morgan fingerprint density at radius 2 is 2.04 bits per heavy atom. The lowest BCUT2D eigenvalue weighted by molar-refractivity contribution is -0.159. The number of azo groups is 1. The van der Waals surface area contributed by atoms with Gasteiger partial charge >= 0.3 is 0 Å². The molecule has 7 nitrogen and oxygen atoms in total. The summed E-state index contributed by atoms with van der Waals surface area (Å²) in [6, 6.07) is 0. The summed E-state index contributed by atoms with van der Waals surface area (Å²) in [5.74, 6) is 1.56. The highest BCUT2D eigenvalue weighted by molar-refractivity contribution is 6.00. The van der Waals surface area contributed by atoms with Gasteiger partial charge in [-0.3, -0.25) is 9.59 Å². The quantitative estimate of drug-likeness (QED) is 0.754. The van der Waals surface area contributed by atoms with E-state index in [1.54, 1.807) is 0 Å². The van der Waals surface area contributed by atoms with E-state index in [-0.39, 0.29) is 28.6 Å². The largest absolute Gasteiger partial charge is 0.370 e. The van der Waals surface area contributed by atoms with E-state index < -0.39 is 5.41 Å². The summed E-state index contributed by atoms with van der Waals surface area (Å²) in [5.41, 5.74) is 2.20. The third-order valence-electron chi connectivity index (χ3n) is 7.33. The summed E-state index contributed by atoms with van der Waals surface area (Å²) in [6.45, 7) is 6.61. The molecule has 1 amide bonds. The van der Waals surface area contributed by atoms with Crippen LogP contribution in [0, 0.1) is 16.7 Å². The van der Waals surface area contributed by atoms with E-state index in [0.717, 1.165) is 48.3 Å². The lowest BCUT2D eigenvalue weighted by Gasteiger charge is -2.49. The average Bonchev–Trinajstić information content (AvgIpc) is 3.19. The SMILES string of the molecule is CC1(C)CC(=O)C2=C(C1)NC1=C(CN=N1)C21COC2(CN(C(=O)C3CC3)C2)C1. The monoisotopic (exact) mass is 382 g/mol. The second-order valence-electron chi connectivity index (χ2n) is 10.3. The van der Waals surface area contributed by atoms with Gasteiger partial charge in [-0.25, -0.2) is 0 Å². The molecule has 1 N–H and O–H groups in total. The fourth-order valence-corrected chi connectivity index (χ4v) is 5.95. The number of ketones is 1. The molecule has 148 valence electrons. The molecule has 2 aliphatic carbocycles. The number of Topliss-reactive ketones (excluding diaryl/α,β-unsaturated/α-hetero) is 1. The van der Waals surface area contributed by atoms with Crippen LogP contribution in [0.15, 0.2) is 32.9 Å². The standard InChI is InChI=1S/C21H26N4O3/c1-19(2)5-14-16(15(26)6-19)21(13-7-22-24-17(13)23-14)8-20(28-11-21)9-25(10-20)18(27)12-3-4-12/h12,23H,3-11H2,1-2H3. The molecule has 0 aromatic carbocycles. The fourth-order valence-electron chi connectivity index (χ4n) is 5.95. The smallest absolute Gasteiger partial charge is 0.225 e. The number of fused-ring (bicyclic) bond motifs is 2. The molecule has 0 aromatic rings. The predicted octanol–water partition coefficient (Wildman–Crippen LogP) is 2.31. The molecule has 1 saturated carbocycles. The van der Waals surface area contributed by atoms with Gasteiger partial charge in [0.25, 0.3) is 0 Å². The van der Waals surface area contributed by atoms with Crippen molar-refractivity contribution in [1.82, 2.24) is 10.2 Å². The molecule has 2 saturated heterocycles. The van der Waals surface area contributed by atoms with Gasteiger partial charge in [0.15, 0.2) is 11.6 Å². The second-order valence-corrected chi connectivity index (χ2v) is 10.3. The minimum absolute atomic E-state index is 0.0565. The van der Waals surface area contributed by atoms with E-state index in [1.165, 1.54) is 0 Å². The lowest BCUT2D eigenvalue weighted by Crippen LogP contribution is -2.64. The van der Waals surface area contributed by atoms with Crippen LogP contribution < -0.4 is 5.32 Å². The Balaban J connectivity index is 1.35. The number of allylic oxidation sites excluding steroid dienone is 1. The molecular formula is C21H26N4O3. The van der Waals surface area contributed by atoms with Crippen LogP contribution in [0.1, 0.15) is 46.0 Å². The summed E-state index contributed by atoms with van der Waals surface area (Å²) in [5, 5.41) is 12.0. The van der Waals surface area contributed by atoms with Crippen LogP contribution in [0.25, 0.3) is 0 Å². The number of amides is 1. The molecule has 1 atom stereocenters. The number of hydrogen-bond acceptors (Lipinski definition) is 6. The Labute approximate surface area is 164 Å². The van der Waals surface area contributed by atoms with Gasteiger partial charge in [-0.05, 0) is 31.1 Å². The highest BCUT2D eigenvalue weighted by Crippen LogP contribution is 2.58. The van der Waals surface area contributed by atoms with E-state index in [4.69, 9.17) is 4.74 Å². The highest BCUT2D eigenvalue weighted by Gasteiger charge is 2.63. The molecule has 7 heteroatoms. The van der Waals surface area contributed by atoms with Crippen LogP contribution in [-0.2, 0) is 14.3 Å². The van der Waals surface area contributed by atoms with Crippen molar-refractivity contribution in [1.29, 1.82) is 0 Å². The molecule has 0 aromatic heterocycles. The van der Waals surface area contributed by atoms with Gasteiger partial charge in [-0.15, -0.1) is 5.11 Å². The molecule has 3 fully saturated rings. The number of rotatable bonds is 1. The van der Waals surface area contributed by atoms with Crippen LogP contribution in [0.3, 0.4) is 0 Å². The average molecular weight is 382 g/mol. The molecule has 6 rings (SSSR count). The Kier molecular flexibility index (Phi) is 3.09. The van der Waals surface area contributed by atoms with E-state index >= 15 is 0 Å². The van der Waals surface area contributed by atoms with Gasteiger partial charge in [0.1, 0.15) is 5.60 Å². The van der Waals surface area contributed by atoms with Crippen molar-refractivity contribution >= 4 is 11.7 Å². The first-order valence-electron chi connectivity index (χ1n) is 10.4. The number of likely N-dealkylation sites (tertiary alicyclic amines) is 1. The van der Waals surface area contributed by atoms with E-state index in [9.17, 15) is 9.59 Å². The maximum Gasteiger partial charge on any atom is 0.225 e. The van der Waals surface area contributed by atoms with Crippen molar-refractivity contribution in [2.24, 2.45) is 27.0 Å². The van der Waals surface area contributed by atoms with Gasteiger partial charge in [0, 0.05) is 29.2 Å². The lowest BCUT2D eigenvalue weighted by atomic mass is 9.61. The Morgan fingerprint density at radius 1 is 1.25 bits per heavy atom. The van der Waals surface area contributed by atoms with Gasteiger partial charge in [-0.2, -0.15) is 5.11 Å². The van der Waals surface area contributed by atoms with Gasteiger partial charge in [-0.1, -0.05) is 13.8 Å². The number of nitrogens with one attached hydrogen (secondary N) is 1. The summed E-state index contributed by atoms with van der Waals surface area (Å²) >= 11 is 0. The third kappa shape index (κ3) is 2.19. The van der Waals surface area contributed by atoms with Crippen molar-refractivity contribution in [3.63, 3.8) is 0 Å². The number of nitrogens with zero attached hydrogens (tertiary/aromatic N) is 3. The first-order chi connectivity index (χ1) is 13.3. The minimum Gasteiger partial charge on any atom is -0.370 e. The molecule has 28 heavy (non-hydrogen) atoms. The molecule has 4 aliphatic heterocycles. The Morgan fingerprint density at radius 3 is 2.79 bits per heavy atom. The molecule has 0 radical (unpaired) electrons. The van der Waals surface area contributed by atoms with E-state index in [1.807, 2.05) is 4.90 Å². The molecule has 4 heterocycles. The zero-order valence-corrected chi connectivity index (χ0v) is 16.5. The van der Waals surface area contributed by atoms with E-state index in [2.05, 4.69) is 29.4 Å². The van der Waals surface area contributed by atoms with Crippen molar-refractivity contribution in [3.05, 3.63) is 22.7 Å². The zero-order chi connectivity index (χ0) is 19.3. The molecular weight excluding hydrogens is 356 g/mol.